The summed E-state index contributed by atoms with van der Waals surface area (Å²) in [4.78, 5) is 30.4. The zero-order valence-electron chi connectivity index (χ0n) is 24.4. The number of ether oxygens (including phenoxy) is 2. The van der Waals surface area contributed by atoms with E-state index in [1.165, 1.54) is 0 Å². The molecule has 4 rings (SSSR count). The van der Waals surface area contributed by atoms with Gasteiger partial charge in [-0.1, -0.05) is 54.6 Å². The van der Waals surface area contributed by atoms with Crippen molar-refractivity contribution in [1.29, 1.82) is 0 Å². The van der Waals surface area contributed by atoms with Gasteiger partial charge in [0.05, 0.1) is 24.3 Å². The Morgan fingerprint density at radius 3 is 1.79 bits per heavy atom. The van der Waals surface area contributed by atoms with Crippen LogP contribution in [-0.4, -0.2) is 74.2 Å². The lowest BCUT2D eigenvalue weighted by Gasteiger charge is -2.18. The fourth-order valence-electron chi connectivity index (χ4n) is 5.47. The van der Waals surface area contributed by atoms with E-state index in [0.717, 1.165) is 85.1 Å². The Bertz CT molecular complexity index is 1450. The average molecular weight is 565 g/mol. The summed E-state index contributed by atoms with van der Waals surface area (Å²) in [6.45, 7) is 20.5. The largest absolute Gasteiger partial charge is 0.462 e. The first kappa shape index (κ1) is 30.7. The van der Waals surface area contributed by atoms with Crippen LogP contribution in [0.2, 0.25) is 0 Å². The van der Waals surface area contributed by atoms with E-state index in [0.29, 0.717) is 24.3 Å². The summed E-state index contributed by atoms with van der Waals surface area (Å²) >= 11 is 0. The number of hydrogen-bond acceptors (Lipinski definition) is 6. The minimum absolute atomic E-state index is 0.332. The van der Waals surface area contributed by atoms with Crippen LogP contribution in [0, 0.1) is 0 Å². The molecule has 1 aliphatic rings. The van der Waals surface area contributed by atoms with Gasteiger partial charge in [-0.15, -0.1) is 26.3 Å². The highest BCUT2D eigenvalue weighted by Crippen LogP contribution is 2.48. The van der Waals surface area contributed by atoms with Crippen molar-refractivity contribution in [3.05, 3.63) is 110 Å². The van der Waals surface area contributed by atoms with E-state index in [1.807, 2.05) is 66.8 Å². The van der Waals surface area contributed by atoms with Crippen LogP contribution in [0.3, 0.4) is 0 Å². The molecule has 0 N–H and O–H groups in total. The molecule has 0 spiro atoms. The van der Waals surface area contributed by atoms with Gasteiger partial charge < -0.3 is 9.47 Å². The average Bonchev–Trinajstić information content (AvgIpc) is 3.32. The third-order valence-electron chi connectivity index (χ3n) is 7.35. The number of hydrogen-bond donors (Lipinski definition) is 0. The van der Waals surface area contributed by atoms with E-state index in [4.69, 9.17) is 9.47 Å². The highest BCUT2D eigenvalue weighted by Gasteiger charge is 2.25. The Kier molecular flexibility index (Phi) is 11.0. The van der Waals surface area contributed by atoms with Gasteiger partial charge in [0.15, 0.2) is 0 Å². The molecule has 0 aromatic heterocycles. The van der Waals surface area contributed by atoms with Gasteiger partial charge >= 0.3 is 11.9 Å². The summed E-state index contributed by atoms with van der Waals surface area (Å²) in [5.41, 5.74) is 5.08. The normalized spacial score (nSPS) is 11.4. The molecule has 0 saturated heterocycles. The molecule has 0 amide bonds. The molecule has 0 heterocycles. The zero-order chi connectivity index (χ0) is 29.9. The van der Waals surface area contributed by atoms with Crippen molar-refractivity contribution in [1.82, 2.24) is 9.80 Å². The van der Waals surface area contributed by atoms with Crippen LogP contribution in [0.5, 0.6) is 0 Å². The van der Waals surface area contributed by atoms with Gasteiger partial charge in [-0.05, 0) is 64.1 Å². The number of rotatable bonds is 18. The highest BCUT2D eigenvalue weighted by molar-refractivity contribution is 6.20. The quantitative estimate of drug-likeness (QED) is 0.0742. The molecule has 6 nitrogen and oxygen atoms in total. The van der Waals surface area contributed by atoms with Gasteiger partial charge in [0, 0.05) is 39.3 Å². The van der Waals surface area contributed by atoms with Gasteiger partial charge in [0.2, 0.25) is 0 Å². The summed E-state index contributed by atoms with van der Waals surface area (Å²) in [6, 6.07) is 15.4. The summed E-state index contributed by atoms with van der Waals surface area (Å²) in [6.07, 6.45) is 8.88. The standard InChI is InChI=1S/C36H40N2O4/c1-5-18-37(19-6-2)22-10-24-41-35(39)27-14-15-28-29-12-9-13-30-32(17-16-31(34(29)30)33(28)26-27)36(40)42-25-11-23-38(20-7-3)21-8-4/h5-9,12-17,26H,1-4,10-11,18-25H2. The minimum Gasteiger partial charge on any atom is -0.462 e. The Labute approximate surface area is 249 Å². The molecule has 0 saturated carbocycles. The third-order valence-corrected chi connectivity index (χ3v) is 7.35. The van der Waals surface area contributed by atoms with Crippen LogP contribution in [-0.2, 0) is 9.47 Å². The number of fused-ring (bicyclic) bond motifs is 3. The van der Waals surface area contributed by atoms with Crippen molar-refractivity contribution in [3.63, 3.8) is 0 Å². The molecule has 0 unspecified atom stereocenters. The first-order chi connectivity index (χ1) is 20.5. The Balaban J connectivity index is 1.43. The van der Waals surface area contributed by atoms with E-state index in [2.05, 4.69) is 42.2 Å². The number of carbonyl (C=O) groups excluding carboxylic acids is 2. The lowest BCUT2D eigenvalue weighted by Crippen LogP contribution is -2.26. The molecule has 0 fully saturated rings. The first-order valence-corrected chi connectivity index (χ1v) is 14.4. The molecule has 3 aromatic carbocycles. The molecular weight excluding hydrogens is 524 g/mol. The van der Waals surface area contributed by atoms with E-state index < -0.39 is 0 Å². The fraction of sp³-hybridized carbons (Fsp3) is 0.278. The maximum atomic E-state index is 13.1. The molecule has 6 heteroatoms. The van der Waals surface area contributed by atoms with Crippen molar-refractivity contribution >= 4 is 22.7 Å². The SMILES string of the molecule is C=CCN(CC=C)CCCOC(=O)c1ccc2c(c1)-c1ccc(C(=O)OCCCN(CC=C)CC=C)c3cccc-2c13. The molecule has 218 valence electrons. The van der Waals surface area contributed by atoms with Crippen LogP contribution < -0.4 is 0 Å². The topological polar surface area (TPSA) is 59.1 Å². The second-order valence-corrected chi connectivity index (χ2v) is 10.3. The van der Waals surface area contributed by atoms with Crippen LogP contribution >= 0.6 is 0 Å². The van der Waals surface area contributed by atoms with Crippen LogP contribution in [0.15, 0.2) is 99.2 Å². The van der Waals surface area contributed by atoms with E-state index >= 15 is 0 Å². The van der Waals surface area contributed by atoms with E-state index in [1.54, 1.807) is 0 Å². The smallest absolute Gasteiger partial charge is 0.338 e. The molecule has 1 aliphatic carbocycles. The van der Waals surface area contributed by atoms with Crippen molar-refractivity contribution in [2.75, 3.05) is 52.5 Å². The predicted octanol–water partition coefficient (Wildman–Crippen LogP) is 6.93. The van der Waals surface area contributed by atoms with Gasteiger partial charge in [0.25, 0.3) is 0 Å². The summed E-state index contributed by atoms with van der Waals surface area (Å²) in [5.74, 6) is -0.679. The number of nitrogens with zero attached hydrogens (tertiary/aromatic N) is 2. The van der Waals surface area contributed by atoms with Crippen LogP contribution in [0.25, 0.3) is 33.0 Å². The fourth-order valence-corrected chi connectivity index (χ4v) is 5.47. The van der Waals surface area contributed by atoms with Crippen molar-refractivity contribution in [3.8, 4) is 22.3 Å². The number of benzene rings is 3. The Morgan fingerprint density at radius 2 is 1.19 bits per heavy atom. The van der Waals surface area contributed by atoms with E-state index in [9.17, 15) is 9.59 Å². The van der Waals surface area contributed by atoms with Gasteiger partial charge in [-0.25, -0.2) is 9.59 Å². The van der Waals surface area contributed by atoms with Crippen molar-refractivity contribution < 1.29 is 19.1 Å². The maximum Gasteiger partial charge on any atom is 0.338 e. The van der Waals surface area contributed by atoms with Crippen molar-refractivity contribution in [2.24, 2.45) is 0 Å². The van der Waals surface area contributed by atoms with Crippen LogP contribution in [0.1, 0.15) is 33.6 Å². The minimum atomic E-state index is -0.344. The zero-order valence-corrected chi connectivity index (χ0v) is 24.4. The first-order valence-electron chi connectivity index (χ1n) is 14.4. The lowest BCUT2D eigenvalue weighted by molar-refractivity contribution is 0.0482. The summed E-state index contributed by atoms with van der Waals surface area (Å²) < 4.78 is 11.3. The maximum absolute atomic E-state index is 13.1. The number of esters is 2. The Morgan fingerprint density at radius 1 is 0.643 bits per heavy atom. The highest BCUT2D eigenvalue weighted by atomic mass is 16.5. The lowest BCUT2D eigenvalue weighted by atomic mass is 9.98. The van der Waals surface area contributed by atoms with Gasteiger partial charge in [-0.2, -0.15) is 0 Å². The third kappa shape index (κ3) is 7.14. The Hall–Kier alpha value is -4.26. The van der Waals surface area contributed by atoms with Crippen LogP contribution in [0.4, 0.5) is 0 Å². The summed E-state index contributed by atoms with van der Waals surface area (Å²) in [7, 11) is 0. The molecule has 0 radical (unpaired) electrons. The number of carbonyl (C=O) groups is 2. The molecule has 0 atom stereocenters. The molecule has 0 aliphatic heterocycles. The van der Waals surface area contributed by atoms with Gasteiger partial charge in [0.1, 0.15) is 0 Å². The summed E-state index contributed by atoms with van der Waals surface area (Å²) in [5, 5.41) is 1.85. The second-order valence-electron chi connectivity index (χ2n) is 10.3. The van der Waals surface area contributed by atoms with Gasteiger partial charge in [-0.3, -0.25) is 9.80 Å². The second kappa shape index (κ2) is 15.1. The molecule has 42 heavy (non-hydrogen) atoms. The monoisotopic (exact) mass is 564 g/mol. The molecule has 0 bridgehead atoms. The predicted molar refractivity (Wildman–Crippen MR) is 172 cm³/mol. The van der Waals surface area contributed by atoms with E-state index in [-0.39, 0.29) is 11.9 Å². The molecular formula is C36H40N2O4. The van der Waals surface area contributed by atoms with Crippen molar-refractivity contribution in [2.45, 2.75) is 12.8 Å². The molecule has 3 aromatic rings.